The molecule has 1 saturated carbocycles. The molecule has 0 bridgehead atoms. The van der Waals surface area contributed by atoms with Gasteiger partial charge in [-0.3, -0.25) is 9.48 Å². The smallest absolute Gasteiger partial charge is 0.275 e. The van der Waals surface area contributed by atoms with Crippen molar-refractivity contribution in [3.8, 4) is 11.4 Å². The van der Waals surface area contributed by atoms with E-state index in [9.17, 15) is 4.79 Å². The van der Waals surface area contributed by atoms with E-state index in [2.05, 4.69) is 31.5 Å². The fourth-order valence-corrected chi connectivity index (χ4v) is 3.16. The highest BCUT2D eigenvalue weighted by molar-refractivity contribution is 5.56. The van der Waals surface area contributed by atoms with Gasteiger partial charge in [0.15, 0.2) is 5.82 Å². The van der Waals surface area contributed by atoms with Crippen LogP contribution in [0.5, 0.6) is 0 Å². The Hall–Kier alpha value is -3.42. The molecule has 3 heterocycles. The van der Waals surface area contributed by atoms with Gasteiger partial charge in [0, 0.05) is 36.4 Å². The van der Waals surface area contributed by atoms with E-state index in [1.165, 1.54) is 17.4 Å². The predicted octanol–water partition coefficient (Wildman–Crippen LogP) is 2.31. The third-order valence-electron chi connectivity index (χ3n) is 4.77. The molecule has 0 aliphatic heterocycles. The second-order valence-electron chi connectivity index (χ2n) is 6.88. The lowest BCUT2D eigenvalue weighted by Crippen LogP contribution is -2.17. The van der Waals surface area contributed by atoms with E-state index in [1.807, 2.05) is 42.1 Å². The van der Waals surface area contributed by atoms with Crippen molar-refractivity contribution in [2.45, 2.75) is 25.3 Å². The van der Waals surface area contributed by atoms with Gasteiger partial charge in [-0.1, -0.05) is 30.3 Å². The van der Waals surface area contributed by atoms with Crippen molar-refractivity contribution in [3.05, 3.63) is 64.2 Å². The summed E-state index contributed by atoms with van der Waals surface area (Å²) in [5.41, 5.74) is 2.54. The average Bonchev–Trinajstić information content (AvgIpc) is 3.33. The lowest BCUT2D eigenvalue weighted by Gasteiger charge is -2.06. The highest BCUT2D eigenvalue weighted by Crippen LogP contribution is 2.39. The van der Waals surface area contributed by atoms with Gasteiger partial charge in [-0.2, -0.15) is 14.6 Å². The number of aromatic nitrogens is 6. The van der Waals surface area contributed by atoms with Crippen LogP contribution in [-0.4, -0.2) is 29.4 Å². The minimum atomic E-state index is -0.209. The molecule has 3 aromatic heterocycles. The second kappa shape index (κ2) is 6.08. The van der Waals surface area contributed by atoms with Gasteiger partial charge in [-0.05, 0) is 12.8 Å². The number of aromatic amines is 1. The summed E-state index contributed by atoms with van der Waals surface area (Å²) in [6.07, 6.45) is 2.44. The highest BCUT2D eigenvalue weighted by atomic mass is 16.1. The Labute approximate surface area is 154 Å². The van der Waals surface area contributed by atoms with Gasteiger partial charge in [0.05, 0.1) is 12.2 Å². The van der Waals surface area contributed by atoms with Gasteiger partial charge >= 0.3 is 0 Å². The number of fused-ring (bicyclic) bond motifs is 1. The maximum atomic E-state index is 12.4. The number of nitrogens with zero attached hydrogens (tertiary/aromatic N) is 5. The van der Waals surface area contributed by atoms with Gasteiger partial charge in [0.25, 0.3) is 5.56 Å². The van der Waals surface area contributed by atoms with Gasteiger partial charge in [0.2, 0.25) is 5.78 Å². The van der Waals surface area contributed by atoms with E-state index in [4.69, 9.17) is 0 Å². The summed E-state index contributed by atoms with van der Waals surface area (Å²) in [4.78, 5) is 20.1. The standard InChI is InChI=1S/C19H19N7O/c1-25-16(10-15(23-25)12-7-8-12)20-11-14-9-17(27)26-19(21-14)22-18(24-26)13-5-3-2-4-6-13/h2-6,9-10,12,20H,7-8,11H2,1H3,(H,21,22,24). The van der Waals surface area contributed by atoms with E-state index in [0.717, 1.165) is 22.8 Å². The monoisotopic (exact) mass is 361 g/mol. The molecule has 1 fully saturated rings. The van der Waals surface area contributed by atoms with Crippen LogP contribution in [0.1, 0.15) is 30.1 Å². The Balaban J connectivity index is 1.41. The molecule has 8 nitrogen and oxygen atoms in total. The summed E-state index contributed by atoms with van der Waals surface area (Å²) >= 11 is 0. The van der Waals surface area contributed by atoms with E-state index < -0.39 is 0 Å². The molecule has 0 spiro atoms. The van der Waals surface area contributed by atoms with Crippen molar-refractivity contribution in [2.24, 2.45) is 7.05 Å². The van der Waals surface area contributed by atoms with Gasteiger partial charge < -0.3 is 10.3 Å². The molecule has 5 rings (SSSR count). The number of hydrogen-bond donors (Lipinski definition) is 2. The van der Waals surface area contributed by atoms with Crippen molar-refractivity contribution in [2.75, 3.05) is 5.32 Å². The molecule has 1 aromatic carbocycles. The molecule has 2 N–H and O–H groups in total. The maximum Gasteiger partial charge on any atom is 0.275 e. The third-order valence-corrected chi connectivity index (χ3v) is 4.77. The van der Waals surface area contributed by atoms with E-state index >= 15 is 0 Å². The molecule has 0 radical (unpaired) electrons. The minimum absolute atomic E-state index is 0.209. The molecular formula is C19H19N7O. The Morgan fingerprint density at radius 1 is 1.19 bits per heavy atom. The molecule has 0 amide bonds. The lowest BCUT2D eigenvalue weighted by molar-refractivity contribution is 0.744. The van der Waals surface area contributed by atoms with E-state index in [-0.39, 0.29) is 5.56 Å². The Kier molecular flexibility index (Phi) is 3.56. The predicted molar refractivity (Wildman–Crippen MR) is 102 cm³/mol. The first-order chi connectivity index (χ1) is 13.2. The fraction of sp³-hybridized carbons (Fsp3) is 0.263. The molecule has 0 atom stereocenters. The lowest BCUT2D eigenvalue weighted by atomic mass is 10.2. The Morgan fingerprint density at radius 3 is 2.78 bits per heavy atom. The minimum Gasteiger partial charge on any atom is -0.365 e. The topological polar surface area (TPSA) is 92.9 Å². The van der Waals surface area contributed by atoms with Crippen molar-refractivity contribution in [1.29, 1.82) is 0 Å². The van der Waals surface area contributed by atoms with Crippen molar-refractivity contribution in [1.82, 2.24) is 29.4 Å². The first-order valence-electron chi connectivity index (χ1n) is 8.99. The maximum absolute atomic E-state index is 12.4. The fourth-order valence-electron chi connectivity index (χ4n) is 3.16. The SMILES string of the molecule is Cn1nc(C2CC2)cc1NCc1cc(=O)n2nc(-c3ccccc3)nc2[nH]1. The summed E-state index contributed by atoms with van der Waals surface area (Å²) in [5, 5.41) is 12.2. The third kappa shape index (κ3) is 2.99. The van der Waals surface area contributed by atoms with Crippen LogP contribution >= 0.6 is 0 Å². The summed E-state index contributed by atoms with van der Waals surface area (Å²) in [5.74, 6) is 2.50. The summed E-state index contributed by atoms with van der Waals surface area (Å²) in [6, 6.07) is 13.2. The zero-order chi connectivity index (χ0) is 18.4. The number of aryl methyl sites for hydroxylation is 1. The normalized spacial score (nSPS) is 14.0. The van der Waals surface area contributed by atoms with Crippen molar-refractivity contribution in [3.63, 3.8) is 0 Å². The molecule has 1 aliphatic rings. The first-order valence-corrected chi connectivity index (χ1v) is 8.99. The average molecular weight is 361 g/mol. The summed E-state index contributed by atoms with van der Waals surface area (Å²) in [6.45, 7) is 0.475. The van der Waals surface area contributed by atoms with Crippen LogP contribution in [0, 0.1) is 0 Å². The van der Waals surface area contributed by atoms with Crippen LogP contribution < -0.4 is 10.9 Å². The Morgan fingerprint density at radius 2 is 2.00 bits per heavy atom. The number of benzene rings is 1. The molecular weight excluding hydrogens is 342 g/mol. The van der Waals surface area contributed by atoms with Crippen LogP contribution in [0.4, 0.5) is 5.82 Å². The molecule has 0 unspecified atom stereocenters. The molecule has 0 saturated heterocycles. The van der Waals surface area contributed by atoms with Gasteiger partial charge in [0.1, 0.15) is 5.82 Å². The number of anilines is 1. The Bertz CT molecular complexity index is 1170. The molecule has 27 heavy (non-hydrogen) atoms. The zero-order valence-corrected chi connectivity index (χ0v) is 14.9. The molecule has 4 aromatic rings. The van der Waals surface area contributed by atoms with Crippen molar-refractivity contribution < 1.29 is 0 Å². The van der Waals surface area contributed by atoms with Gasteiger partial charge in [-0.25, -0.2) is 0 Å². The number of nitrogens with one attached hydrogen (secondary N) is 2. The quantitative estimate of drug-likeness (QED) is 0.569. The largest absolute Gasteiger partial charge is 0.365 e. The van der Waals surface area contributed by atoms with Crippen LogP contribution in [0.15, 0.2) is 47.3 Å². The van der Waals surface area contributed by atoms with E-state index in [1.54, 1.807) is 6.07 Å². The second-order valence-corrected chi connectivity index (χ2v) is 6.88. The number of hydrogen-bond acceptors (Lipinski definition) is 5. The van der Waals surface area contributed by atoms with Crippen LogP contribution in [0.3, 0.4) is 0 Å². The summed E-state index contributed by atoms with van der Waals surface area (Å²) in [7, 11) is 1.92. The van der Waals surface area contributed by atoms with Crippen LogP contribution in [0.2, 0.25) is 0 Å². The number of H-pyrrole nitrogens is 1. The van der Waals surface area contributed by atoms with Crippen LogP contribution in [-0.2, 0) is 13.6 Å². The molecule has 136 valence electrons. The first kappa shape index (κ1) is 15.8. The highest BCUT2D eigenvalue weighted by Gasteiger charge is 2.26. The summed E-state index contributed by atoms with van der Waals surface area (Å²) < 4.78 is 3.13. The molecule has 1 aliphatic carbocycles. The molecule has 8 heteroatoms. The van der Waals surface area contributed by atoms with Crippen molar-refractivity contribution >= 4 is 11.6 Å². The zero-order valence-electron chi connectivity index (χ0n) is 14.9. The number of rotatable bonds is 5. The van der Waals surface area contributed by atoms with E-state index in [0.29, 0.717) is 24.1 Å². The van der Waals surface area contributed by atoms with Gasteiger partial charge in [-0.15, -0.1) is 5.10 Å². The van der Waals surface area contributed by atoms with Crippen LogP contribution in [0.25, 0.3) is 17.2 Å².